The number of amides is 1. The van der Waals surface area contributed by atoms with Crippen LogP contribution >= 0.6 is 15.9 Å². The van der Waals surface area contributed by atoms with Gasteiger partial charge in [-0.2, -0.15) is 0 Å². The maximum absolute atomic E-state index is 12.2. The van der Waals surface area contributed by atoms with E-state index in [1.54, 1.807) is 31.2 Å². The molecule has 25 heavy (non-hydrogen) atoms. The lowest BCUT2D eigenvalue weighted by atomic mass is 9.87. The summed E-state index contributed by atoms with van der Waals surface area (Å²) in [5.41, 5.74) is 2.22. The van der Waals surface area contributed by atoms with Gasteiger partial charge in [-0.25, -0.2) is 4.79 Å². The topological polar surface area (TPSA) is 55.4 Å². The first-order valence-corrected chi connectivity index (χ1v) is 8.84. The van der Waals surface area contributed by atoms with Crippen LogP contribution < -0.4 is 5.32 Å². The number of hydrogen-bond acceptors (Lipinski definition) is 3. The van der Waals surface area contributed by atoms with Crippen molar-refractivity contribution < 1.29 is 14.3 Å². The zero-order chi connectivity index (χ0) is 18.6. The van der Waals surface area contributed by atoms with Crippen LogP contribution in [0.5, 0.6) is 0 Å². The first kappa shape index (κ1) is 19.2. The molecule has 0 saturated heterocycles. The molecule has 0 aliphatic rings. The minimum atomic E-state index is -0.890. The monoisotopic (exact) mass is 403 g/mol. The molecule has 1 N–H and O–H groups in total. The molecule has 0 radical (unpaired) electrons. The van der Waals surface area contributed by atoms with E-state index in [-0.39, 0.29) is 11.3 Å². The van der Waals surface area contributed by atoms with E-state index in [9.17, 15) is 9.59 Å². The average molecular weight is 404 g/mol. The number of ether oxygens (including phenoxy) is 1. The molecular formula is C20H22BrNO3. The van der Waals surface area contributed by atoms with Gasteiger partial charge in [0, 0.05) is 10.2 Å². The molecule has 0 heterocycles. The fourth-order valence-corrected chi connectivity index (χ4v) is 2.43. The quantitative estimate of drug-likeness (QED) is 0.736. The molecule has 1 amide bonds. The van der Waals surface area contributed by atoms with Crippen LogP contribution in [0.2, 0.25) is 0 Å². The van der Waals surface area contributed by atoms with Gasteiger partial charge >= 0.3 is 5.97 Å². The van der Waals surface area contributed by atoms with Crippen molar-refractivity contribution >= 4 is 33.5 Å². The van der Waals surface area contributed by atoms with Crippen LogP contribution in [0.3, 0.4) is 0 Å². The maximum atomic E-state index is 12.2. The lowest BCUT2D eigenvalue weighted by Gasteiger charge is -2.19. The average Bonchev–Trinajstić information content (AvgIpc) is 2.56. The summed E-state index contributed by atoms with van der Waals surface area (Å²) < 4.78 is 6.18. The van der Waals surface area contributed by atoms with Crippen LogP contribution in [0.1, 0.15) is 43.6 Å². The summed E-state index contributed by atoms with van der Waals surface area (Å²) in [5, 5.41) is 2.72. The molecule has 2 aromatic rings. The second-order valence-electron chi connectivity index (χ2n) is 6.87. The van der Waals surface area contributed by atoms with Crippen molar-refractivity contribution in [3.63, 3.8) is 0 Å². The third-order valence-electron chi connectivity index (χ3n) is 3.75. The molecule has 0 fully saturated rings. The summed E-state index contributed by atoms with van der Waals surface area (Å²) in [5.74, 6) is -0.888. The number of anilines is 1. The molecule has 0 aliphatic heterocycles. The molecule has 2 aromatic carbocycles. The fraction of sp³-hybridized carbons (Fsp3) is 0.300. The Morgan fingerprint density at radius 3 is 2.08 bits per heavy atom. The number of nitrogens with one attached hydrogen (secondary N) is 1. The fourth-order valence-electron chi connectivity index (χ4n) is 2.17. The van der Waals surface area contributed by atoms with Gasteiger partial charge in [-0.15, -0.1) is 0 Å². The van der Waals surface area contributed by atoms with Gasteiger partial charge in [-0.3, -0.25) is 4.79 Å². The highest BCUT2D eigenvalue weighted by Crippen LogP contribution is 2.22. The molecule has 2 rings (SSSR count). The van der Waals surface area contributed by atoms with Crippen molar-refractivity contribution in [2.45, 2.75) is 39.2 Å². The molecule has 0 spiro atoms. The normalized spacial score (nSPS) is 12.4. The Balaban J connectivity index is 1.97. The number of rotatable bonds is 4. The molecule has 0 unspecified atom stereocenters. The lowest BCUT2D eigenvalue weighted by molar-refractivity contribution is -0.123. The zero-order valence-corrected chi connectivity index (χ0v) is 16.4. The van der Waals surface area contributed by atoms with E-state index in [2.05, 4.69) is 42.0 Å². The van der Waals surface area contributed by atoms with E-state index in [4.69, 9.17) is 4.74 Å². The van der Waals surface area contributed by atoms with Crippen LogP contribution in [0, 0.1) is 0 Å². The number of carbonyl (C=O) groups excluding carboxylic acids is 2. The molecule has 5 heteroatoms. The van der Waals surface area contributed by atoms with Crippen molar-refractivity contribution in [3.05, 3.63) is 64.1 Å². The molecule has 0 aromatic heterocycles. The first-order valence-electron chi connectivity index (χ1n) is 8.05. The Kier molecular flexibility index (Phi) is 6.01. The third-order valence-corrected chi connectivity index (χ3v) is 4.28. The molecule has 1 atom stereocenters. The smallest absolute Gasteiger partial charge is 0.338 e. The highest BCUT2D eigenvalue weighted by Gasteiger charge is 2.20. The number of carbonyl (C=O) groups is 2. The largest absolute Gasteiger partial charge is 0.449 e. The Bertz CT molecular complexity index is 746. The Morgan fingerprint density at radius 1 is 1.00 bits per heavy atom. The van der Waals surface area contributed by atoms with Gasteiger partial charge in [0.25, 0.3) is 5.91 Å². The first-order chi connectivity index (χ1) is 11.7. The van der Waals surface area contributed by atoms with Gasteiger partial charge in [-0.05, 0) is 54.3 Å². The van der Waals surface area contributed by atoms with Crippen molar-refractivity contribution in [1.29, 1.82) is 0 Å². The van der Waals surface area contributed by atoms with Crippen LogP contribution in [-0.4, -0.2) is 18.0 Å². The van der Waals surface area contributed by atoms with Gasteiger partial charge in [0.1, 0.15) is 0 Å². The number of esters is 1. The van der Waals surface area contributed by atoms with Gasteiger partial charge in [0.05, 0.1) is 5.56 Å². The van der Waals surface area contributed by atoms with Crippen LogP contribution in [0.4, 0.5) is 5.69 Å². The molecule has 0 saturated carbocycles. The Hall–Kier alpha value is -2.14. The van der Waals surface area contributed by atoms with E-state index >= 15 is 0 Å². The predicted octanol–water partition coefficient (Wildman–Crippen LogP) is 4.93. The van der Waals surface area contributed by atoms with Gasteiger partial charge < -0.3 is 10.1 Å². The SMILES string of the molecule is C[C@H](OC(=O)c1ccc(C(C)(C)C)cc1)C(=O)Nc1ccc(Br)cc1. The third kappa shape index (κ3) is 5.43. The molecule has 0 bridgehead atoms. The second-order valence-corrected chi connectivity index (χ2v) is 7.79. The van der Waals surface area contributed by atoms with Crippen molar-refractivity contribution in [1.82, 2.24) is 0 Å². The second kappa shape index (κ2) is 7.83. The Morgan fingerprint density at radius 2 is 1.56 bits per heavy atom. The number of hydrogen-bond donors (Lipinski definition) is 1. The van der Waals surface area contributed by atoms with E-state index in [0.29, 0.717) is 11.3 Å². The predicted molar refractivity (Wildman–Crippen MR) is 103 cm³/mol. The number of benzene rings is 2. The molecule has 132 valence electrons. The van der Waals surface area contributed by atoms with Crippen LogP contribution in [0.25, 0.3) is 0 Å². The minimum Gasteiger partial charge on any atom is -0.449 e. The Labute approximate surface area is 156 Å². The van der Waals surface area contributed by atoms with E-state index in [1.807, 2.05) is 24.3 Å². The van der Waals surface area contributed by atoms with E-state index in [0.717, 1.165) is 10.0 Å². The molecular weight excluding hydrogens is 382 g/mol. The summed E-state index contributed by atoms with van der Waals surface area (Å²) in [7, 11) is 0. The summed E-state index contributed by atoms with van der Waals surface area (Å²) >= 11 is 3.33. The summed E-state index contributed by atoms with van der Waals surface area (Å²) in [4.78, 5) is 24.4. The van der Waals surface area contributed by atoms with Crippen LogP contribution in [-0.2, 0) is 14.9 Å². The number of halogens is 1. The van der Waals surface area contributed by atoms with E-state index < -0.39 is 12.1 Å². The summed E-state index contributed by atoms with van der Waals surface area (Å²) in [6, 6.07) is 14.4. The van der Waals surface area contributed by atoms with Gasteiger partial charge in [-0.1, -0.05) is 48.8 Å². The van der Waals surface area contributed by atoms with Crippen molar-refractivity contribution in [2.24, 2.45) is 0 Å². The van der Waals surface area contributed by atoms with Crippen molar-refractivity contribution in [3.8, 4) is 0 Å². The zero-order valence-electron chi connectivity index (χ0n) is 14.8. The maximum Gasteiger partial charge on any atom is 0.338 e. The van der Waals surface area contributed by atoms with Gasteiger partial charge in [0.2, 0.25) is 0 Å². The van der Waals surface area contributed by atoms with E-state index in [1.165, 1.54) is 0 Å². The molecule has 0 aliphatic carbocycles. The molecule has 4 nitrogen and oxygen atoms in total. The highest BCUT2D eigenvalue weighted by atomic mass is 79.9. The lowest BCUT2D eigenvalue weighted by Crippen LogP contribution is -2.30. The standard InChI is InChI=1S/C20H22BrNO3/c1-13(18(23)22-17-11-9-16(21)10-12-17)25-19(24)14-5-7-15(8-6-14)20(2,3)4/h5-13H,1-4H3,(H,22,23)/t13-/m0/s1. The van der Waals surface area contributed by atoms with Crippen molar-refractivity contribution in [2.75, 3.05) is 5.32 Å². The highest BCUT2D eigenvalue weighted by molar-refractivity contribution is 9.10. The summed E-state index contributed by atoms with van der Waals surface area (Å²) in [6.07, 6.45) is -0.890. The van der Waals surface area contributed by atoms with Gasteiger partial charge in [0.15, 0.2) is 6.10 Å². The summed E-state index contributed by atoms with van der Waals surface area (Å²) in [6.45, 7) is 7.87. The minimum absolute atomic E-state index is 0.0142. The van der Waals surface area contributed by atoms with Crippen LogP contribution in [0.15, 0.2) is 53.0 Å².